The van der Waals surface area contributed by atoms with Crippen LogP contribution < -0.4 is 4.90 Å². The van der Waals surface area contributed by atoms with Crippen LogP contribution in [0.15, 0.2) is 83.0 Å². The number of amides is 1. The molecule has 1 aliphatic heterocycles. The second-order valence-corrected chi connectivity index (χ2v) is 10.7. The van der Waals surface area contributed by atoms with E-state index in [4.69, 9.17) is 23.2 Å². The number of thioether (sulfide) groups is 1. The summed E-state index contributed by atoms with van der Waals surface area (Å²) in [5, 5.41) is 20.9. The summed E-state index contributed by atoms with van der Waals surface area (Å²) < 4.78 is 0.609. The summed E-state index contributed by atoms with van der Waals surface area (Å²) in [6.07, 6.45) is 3.12. The molecule has 5 rings (SSSR count). The van der Waals surface area contributed by atoms with Gasteiger partial charge in [-0.1, -0.05) is 64.5 Å². The summed E-state index contributed by atoms with van der Waals surface area (Å²) in [6.45, 7) is 0. The van der Waals surface area contributed by atoms with Gasteiger partial charge in [-0.05, 0) is 53.6 Å². The van der Waals surface area contributed by atoms with Gasteiger partial charge in [-0.15, -0.1) is 10.2 Å². The minimum Gasteiger partial charge on any atom is -0.507 e. The number of hydrogen-bond acceptors (Lipinski definition) is 8. The number of rotatable bonds is 6. The van der Waals surface area contributed by atoms with Gasteiger partial charge in [-0.3, -0.25) is 19.5 Å². The smallest absolute Gasteiger partial charge is 0.301 e. The summed E-state index contributed by atoms with van der Waals surface area (Å²) in [5.74, 6) is -1.35. The third-order valence-electron chi connectivity index (χ3n) is 5.49. The number of benzene rings is 2. The van der Waals surface area contributed by atoms with E-state index < -0.39 is 17.7 Å². The van der Waals surface area contributed by atoms with Crippen LogP contribution in [0.2, 0.25) is 10.0 Å². The summed E-state index contributed by atoms with van der Waals surface area (Å²) in [6, 6.07) is 16.3. The fourth-order valence-electron chi connectivity index (χ4n) is 3.77. The highest BCUT2D eigenvalue weighted by Gasteiger charge is 2.48. The molecule has 1 fully saturated rings. The molecule has 1 N–H and O–H groups in total. The number of aromatic nitrogens is 3. The maximum Gasteiger partial charge on any atom is 0.301 e. The van der Waals surface area contributed by atoms with E-state index in [9.17, 15) is 14.7 Å². The first kappa shape index (κ1) is 24.5. The van der Waals surface area contributed by atoms with Crippen molar-refractivity contribution >= 4 is 68.9 Å². The maximum absolute atomic E-state index is 13.2. The van der Waals surface area contributed by atoms with Crippen LogP contribution in [0, 0.1) is 0 Å². The van der Waals surface area contributed by atoms with Gasteiger partial charge in [0, 0.05) is 33.8 Å². The Morgan fingerprint density at radius 2 is 1.72 bits per heavy atom. The molecule has 0 radical (unpaired) electrons. The van der Waals surface area contributed by atoms with Gasteiger partial charge in [0.25, 0.3) is 5.78 Å². The van der Waals surface area contributed by atoms with E-state index in [1.54, 1.807) is 48.8 Å². The molecule has 1 aliphatic rings. The largest absolute Gasteiger partial charge is 0.507 e. The van der Waals surface area contributed by atoms with Crippen LogP contribution in [0.3, 0.4) is 0 Å². The van der Waals surface area contributed by atoms with Crippen LogP contribution in [0.5, 0.6) is 0 Å². The molecule has 1 amide bonds. The number of anilines is 1. The molecule has 7 nitrogen and oxygen atoms in total. The molecule has 1 unspecified atom stereocenters. The Kier molecular flexibility index (Phi) is 7.06. The number of nitrogens with zero attached hydrogens (tertiary/aromatic N) is 4. The van der Waals surface area contributed by atoms with Gasteiger partial charge in [0.2, 0.25) is 5.13 Å². The summed E-state index contributed by atoms with van der Waals surface area (Å²) in [7, 11) is 0. The topological polar surface area (TPSA) is 96.3 Å². The standard InChI is InChI=1S/C25H16Cl2N4O3S2/c26-17-7-5-15(6-8-17)21(32)19-20(14-9-11-28-12-10-14)31(23(34)22(19)33)24-29-30-25(36-24)35-13-16-3-1-2-4-18(16)27/h1-12,20,32H,13H2/b21-19-. The van der Waals surface area contributed by atoms with Gasteiger partial charge in [-0.25, -0.2) is 0 Å². The van der Waals surface area contributed by atoms with Crippen molar-refractivity contribution in [2.75, 3.05) is 4.90 Å². The number of Topliss-reactive ketones (excluding diaryl/α,β-unsaturated/α-hetero) is 1. The molecule has 180 valence electrons. The molecule has 4 aromatic rings. The van der Waals surface area contributed by atoms with E-state index in [1.165, 1.54) is 28.0 Å². The lowest BCUT2D eigenvalue weighted by atomic mass is 9.96. The Labute approximate surface area is 224 Å². The van der Waals surface area contributed by atoms with Crippen LogP contribution in [-0.4, -0.2) is 32.0 Å². The highest BCUT2D eigenvalue weighted by molar-refractivity contribution is 8.00. The Hall–Kier alpha value is -3.24. The Morgan fingerprint density at radius 3 is 2.44 bits per heavy atom. The number of halogens is 2. The molecule has 36 heavy (non-hydrogen) atoms. The zero-order valence-electron chi connectivity index (χ0n) is 18.3. The molecule has 3 heterocycles. The molecule has 0 spiro atoms. The zero-order chi connectivity index (χ0) is 25.2. The van der Waals surface area contributed by atoms with Gasteiger partial charge in [-0.2, -0.15) is 0 Å². The highest BCUT2D eigenvalue weighted by Crippen LogP contribution is 2.44. The van der Waals surface area contributed by atoms with Crippen LogP contribution in [-0.2, 0) is 15.3 Å². The summed E-state index contributed by atoms with van der Waals surface area (Å²) in [5.41, 5.74) is 1.86. The minimum atomic E-state index is -0.905. The number of aliphatic hydroxyl groups excluding tert-OH is 1. The van der Waals surface area contributed by atoms with Crippen molar-refractivity contribution < 1.29 is 14.7 Å². The van der Waals surface area contributed by atoms with Crippen molar-refractivity contribution in [2.24, 2.45) is 0 Å². The third kappa shape index (κ3) is 4.75. The first-order valence-electron chi connectivity index (χ1n) is 10.6. The molecule has 0 aliphatic carbocycles. The number of carbonyl (C=O) groups is 2. The number of hydrogen-bond donors (Lipinski definition) is 1. The lowest BCUT2D eigenvalue weighted by Crippen LogP contribution is -2.29. The third-order valence-corrected chi connectivity index (χ3v) is 8.22. The predicted octanol–water partition coefficient (Wildman–Crippen LogP) is 6.16. The van der Waals surface area contributed by atoms with Gasteiger partial charge in [0.15, 0.2) is 4.34 Å². The maximum atomic E-state index is 13.2. The molecular formula is C25H16Cl2N4O3S2. The van der Waals surface area contributed by atoms with Crippen molar-refractivity contribution in [2.45, 2.75) is 16.1 Å². The number of aliphatic hydroxyl groups is 1. The van der Waals surface area contributed by atoms with E-state index in [-0.39, 0.29) is 16.5 Å². The Bertz CT molecular complexity index is 1480. The van der Waals surface area contributed by atoms with Crippen LogP contribution in [0.25, 0.3) is 5.76 Å². The van der Waals surface area contributed by atoms with Gasteiger partial charge in [0.1, 0.15) is 5.76 Å². The van der Waals surface area contributed by atoms with Crippen LogP contribution >= 0.6 is 46.3 Å². The fourth-order valence-corrected chi connectivity index (χ4v) is 6.05. The normalized spacial score (nSPS) is 17.1. The van der Waals surface area contributed by atoms with Gasteiger partial charge >= 0.3 is 5.91 Å². The number of carbonyl (C=O) groups excluding carboxylic acids is 2. The fraction of sp³-hybridized carbons (Fsp3) is 0.0800. The predicted molar refractivity (Wildman–Crippen MR) is 141 cm³/mol. The van der Waals surface area contributed by atoms with Crippen molar-refractivity contribution in [1.82, 2.24) is 15.2 Å². The molecule has 11 heteroatoms. The van der Waals surface area contributed by atoms with E-state index in [0.29, 0.717) is 31.3 Å². The molecule has 1 atom stereocenters. The van der Waals surface area contributed by atoms with Crippen molar-refractivity contribution in [3.05, 3.63) is 105 Å². The average Bonchev–Trinajstić information content (AvgIpc) is 3.46. The monoisotopic (exact) mass is 554 g/mol. The van der Waals surface area contributed by atoms with E-state index in [0.717, 1.165) is 5.56 Å². The zero-order valence-corrected chi connectivity index (χ0v) is 21.5. The molecule has 0 bridgehead atoms. The first-order chi connectivity index (χ1) is 17.4. The van der Waals surface area contributed by atoms with Gasteiger partial charge in [0.05, 0.1) is 11.6 Å². The SMILES string of the molecule is O=C1C(=O)N(c2nnc(SCc3ccccc3Cl)s2)C(c2ccncc2)/C1=C(/O)c1ccc(Cl)cc1. The van der Waals surface area contributed by atoms with Crippen LogP contribution in [0.4, 0.5) is 5.13 Å². The summed E-state index contributed by atoms with van der Waals surface area (Å²) >= 11 is 14.8. The molecular weight excluding hydrogens is 539 g/mol. The number of pyridine rings is 1. The van der Waals surface area contributed by atoms with E-state index in [2.05, 4.69) is 15.2 Å². The molecule has 2 aromatic carbocycles. The van der Waals surface area contributed by atoms with E-state index in [1.807, 2.05) is 24.3 Å². The number of ketones is 1. The van der Waals surface area contributed by atoms with Crippen molar-refractivity contribution in [1.29, 1.82) is 0 Å². The Balaban J connectivity index is 1.53. The van der Waals surface area contributed by atoms with Gasteiger partial charge < -0.3 is 5.11 Å². The minimum absolute atomic E-state index is 0.0472. The lowest BCUT2D eigenvalue weighted by Gasteiger charge is -2.22. The molecule has 2 aromatic heterocycles. The highest BCUT2D eigenvalue weighted by atomic mass is 35.5. The second kappa shape index (κ2) is 10.4. The lowest BCUT2D eigenvalue weighted by molar-refractivity contribution is -0.132. The van der Waals surface area contributed by atoms with Crippen LogP contribution in [0.1, 0.15) is 22.7 Å². The molecule has 0 saturated carbocycles. The average molecular weight is 555 g/mol. The van der Waals surface area contributed by atoms with E-state index >= 15 is 0 Å². The van der Waals surface area contributed by atoms with Crippen molar-refractivity contribution in [3.8, 4) is 0 Å². The van der Waals surface area contributed by atoms with Crippen molar-refractivity contribution in [3.63, 3.8) is 0 Å². The summed E-state index contributed by atoms with van der Waals surface area (Å²) in [4.78, 5) is 31.7. The second-order valence-electron chi connectivity index (χ2n) is 7.69. The Morgan fingerprint density at radius 1 is 1.00 bits per heavy atom. The quantitative estimate of drug-likeness (QED) is 0.100. The molecule has 1 saturated heterocycles. The first-order valence-corrected chi connectivity index (χ1v) is 13.2.